The Morgan fingerprint density at radius 2 is 1.86 bits per heavy atom. The Kier molecular flexibility index (Phi) is 5.87. The first-order valence-electron chi connectivity index (χ1n) is 4.74. The Morgan fingerprint density at radius 1 is 1.29 bits per heavy atom. The van der Waals surface area contributed by atoms with Crippen molar-refractivity contribution in [1.29, 1.82) is 0 Å². The smallest absolute Gasteiger partial charge is 0.309 e. The van der Waals surface area contributed by atoms with Crippen LogP contribution in [0.15, 0.2) is 0 Å². The maximum absolute atomic E-state index is 11.1. The summed E-state index contributed by atoms with van der Waals surface area (Å²) in [6.07, 6.45) is 0.130. The second-order valence-corrected chi connectivity index (χ2v) is 3.34. The molecule has 0 saturated carbocycles. The number of nitrogens with one attached hydrogen (secondary N) is 2. The summed E-state index contributed by atoms with van der Waals surface area (Å²) in [6.45, 7) is 5.36. The van der Waals surface area contributed by atoms with Gasteiger partial charge < -0.3 is 15.7 Å². The summed E-state index contributed by atoms with van der Waals surface area (Å²) in [6, 6.07) is -0.0141. The van der Waals surface area contributed by atoms with Gasteiger partial charge in [0.05, 0.1) is 6.10 Å². The lowest BCUT2D eigenvalue weighted by Crippen LogP contribution is -2.45. The lowest BCUT2D eigenvalue weighted by Gasteiger charge is -2.11. The summed E-state index contributed by atoms with van der Waals surface area (Å²) >= 11 is 0. The van der Waals surface area contributed by atoms with Gasteiger partial charge in [-0.15, -0.1) is 0 Å². The quantitative estimate of drug-likeness (QED) is 0.533. The number of carbonyl (C=O) groups is 2. The predicted molar refractivity (Wildman–Crippen MR) is 52.6 cm³/mol. The third kappa shape index (κ3) is 5.53. The Hall–Kier alpha value is -1.10. The van der Waals surface area contributed by atoms with E-state index in [-0.39, 0.29) is 12.6 Å². The molecule has 0 radical (unpaired) electrons. The molecule has 5 nitrogen and oxygen atoms in total. The van der Waals surface area contributed by atoms with Crippen LogP contribution in [0.3, 0.4) is 0 Å². The van der Waals surface area contributed by atoms with Crippen molar-refractivity contribution in [2.24, 2.45) is 0 Å². The molecule has 0 aromatic carbocycles. The maximum Gasteiger partial charge on any atom is 0.309 e. The second kappa shape index (κ2) is 6.37. The summed E-state index contributed by atoms with van der Waals surface area (Å²) in [5.41, 5.74) is 0. The van der Waals surface area contributed by atoms with Crippen molar-refractivity contribution < 1.29 is 14.7 Å². The van der Waals surface area contributed by atoms with Crippen LogP contribution in [-0.2, 0) is 9.59 Å². The van der Waals surface area contributed by atoms with Crippen molar-refractivity contribution >= 4 is 11.8 Å². The van der Waals surface area contributed by atoms with Gasteiger partial charge in [0.15, 0.2) is 0 Å². The zero-order valence-corrected chi connectivity index (χ0v) is 8.83. The van der Waals surface area contributed by atoms with E-state index in [2.05, 4.69) is 10.6 Å². The highest BCUT2D eigenvalue weighted by Crippen LogP contribution is 1.87. The number of aliphatic hydroxyl groups excluding tert-OH is 1. The molecule has 0 heterocycles. The van der Waals surface area contributed by atoms with E-state index in [0.29, 0.717) is 0 Å². The first-order chi connectivity index (χ1) is 6.47. The first kappa shape index (κ1) is 12.9. The molecule has 2 amide bonds. The third-order valence-corrected chi connectivity index (χ3v) is 1.75. The van der Waals surface area contributed by atoms with E-state index < -0.39 is 17.9 Å². The van der Waals surface area contributed by atoms with Gasteiger partial charge in [0.25, 0.3) is 0 Å². The largest absolute Gasteiger partial charge is 0.392 e. The number of amides is 2. The summed E-state index contributed by atoms with van der Waals surface area (Å²) in [5.74, 6) is -1.36. The molecule has 0 aliphatic carbocycles. The van der Waals surface area contributed by atoms with E-state index in [1.165, 1.54) is 6.92 Å². The molecule has 0 saturated heterocycles. The van der Waals surface area contributed by atoms with Crippen molar-refractivity contribution in [3.05, 3.63) is 0 Å². The Balaban J connectivity index is 3.82. The molecular weight excluding hydrogens is 184 g/mol. The molecule has 3 N–H and O–H groups in total. The van der Waals surface area contributed by atoms with Crippen LogP contribution in [-0.4, -0.2) is 35.6 Å². The molecule has 82 valence electrons. The molecule has 0 aliphatic heterocycles. The van der Waals surface area contributed by atoms with Crippen molar-refractivity contribution in [3.63, 3.8) is 0 Å². The van der Waals surface area contributed by atoms with E-state index in [0.717, 1.165) is 6.42 Å². The normalized spacial score (nSPS) is 14.3. The third-order valence-electron chi connectivity index (χ3n) is 1.75. The van der Waals surface area contributed by atoms with Gasteiger partial charge in [0.1, 0.15) is 0 Å². The van der Waals surface area contributed by atoms with Crippen LogP contribution < -0.4 is 10.6 Å². The lowest BCUT2D eigenvalue weighted by molar-refractivity contribution is -0.139. The molecule has 0 aromatic heterocycles. The zero-order chi connectivity index (χ0) is 11.1. The number of aliphatic hydroxyl groups is 1. The Bertz CT molecular complexity index is 204. The molecule has 2 atom stereocenters. The average Bonchev–Trinajstić information content (AvgIpc) is 2.13. The minimum atomic E-state index is -0.703. The molecule has 0 bridgehead atoms. The Labute approximate surface area is 83.9 Å². The highest BCUT2D eigenvalue weighted by Gasteiger charge is 2.14. The van der Waals surface area contributed by atoms with Gasteiger partial charge in [-0.25, -0.2) is 0 Å². The lowest BCUT2D eigenvalue weighted by atomic mass is 10.2. The van der Waals surface area contributed by atoms with E-state index in [1.54, 1.807) is 0 Å². The molecule has 0 aliphatic rings. The molecule has 2 unspecified atom stereocenters. The molecule has 0 rings (SSSR count). The summed E-state index contributed by atoms with van der Waals surface area (Å²) in [4.78, 5) is 22.2. The Morgan fingerprint density at radius 3 is 2.29 bits per heavy atom. The highest BCUT2D eigenvalue weighted by atomic mass is 16.3. The van der Waals surface area contributed by atoms with Crippen molar-refractivity contribution in [2.75, 3.05) is 6.54 Å². The van der Waals surface area contributed by atoms with Gasteiger partial charge in [-0.05, 0) is 20.3 Å². The van der Waals surface area contributed by atoms with Gasteiger partial charge in [-0.1, -0.05) is 6.92 Å². The van der Waals surface area contributed by atoms with E-state index >= 15 is 0 Å². The van der Waals surface area contributed by atoms with Crippen molar-refractivity contribution in [2.45, 2.75) is 39.3 Å². The first-order valence-corrected chi connectivity index (χ1v) is 4.74. The summed E-state index contributed by atoms with van der Waals surface area (Å²) < 4.78 is 0. The van der Waals surface area contributed by atoms with Gasteiger partial charge in [0.2, 0.25) is 0 Å². The summed E-state index contributed by atoms with van der Waals surface area (Å²) in [7, 11) is 0. The predicted octanol–water partition coefficient (Wildman–Crippen LogP) is -0.602. The fourth-order valence-corrected chi connectivity index (χ4v) is 0.712. The molecule has 5 heteroatoms. The van der Waals surface area contributed by atoms with E-state index in [9.17, 15) is 9.59 Å². The standard InChI is InChI=1S/C9H18N2O3/c1-4-6(2)11-9(14)8(13)10-5-7(3)12/h6-7,12H,4-5H2,1-3H3,(H,10,13)(H,11,14). The SMILES string of the molecule is CCC(C)NC(=O)C(=O)NCC(C)O. The van der Waals surface area contributed by atoms with Crippen LogP contribution in [0.1, 0.15) is 27.2 Å². The van der Waals surface area contributed by atoms with E-state index in [4.69, 9.17) is 5.11 Å². The maximum atomic E-state index is 11.1. The van der Waals surface area contributed by atoms with Gasteiger partial charge in [-0.2, -0.15) is 0 Å². The van der Waals surface area contributed by atoms with Crippen LogP contribution in [0, 0.1) is 0 Å². The van der Waals surface area contributed by atoms with Crippen LogP contribution in [0.25, 0.3) is 0 Å². The number of carbonyl (C=O) groups excluding carboxylic acids is 2. The van der Waals surface area contributed by atoms with Crippen molar-refractivity contribution in [1.82, 2.24) is 10.6 Å². The van der Waals surface area contributed by atoms with Crippen LogP contribution in [0.5, 0.6) is 0 Å². The van der Waals surface area contributed by atoms with Crippen molar-refractivity contribution in [3.8, 4) is 0 Å². The minimum absolute atomic E-state index is 0.0141. The fourth-order valence-electron chi connectivity index (χ4n) is 0.712. The van der Waals surface area contributed by atoms with Crippen LogP contribution in [0.4, 0.5) is 0 Å². The average molecular weight is 202 g/mol. The molecular formula is C9H18N2O3. The van der Waals surface area contributed by atoms with Crippen LogP contribution in [0.2, 0.25) is 0 Å². The minimum Gasteiger partial charge on any atom is -0.392 e. The molecule has 0 spiro atoms. The molecule has 0 fully saturated rings. The molecule has 14 heavy (non-hydrogen) atoms. The number of hydrogen-bond acceptors (Lipinski definition) is 3. The number of hydrogen-bond donors (Lipinski definition) is 3. The topological polar surface area (TPSA) is 78.4 Å². The van der Waals surface area contributed by atoms with Gasteiger partial charge >= 0.3 is 11.8 Å². The second-order valence-electron chi connectivity index (χ2n) is 3.34. The highest BCUT2D eigenvalue weighted by molar-refractivity contribution is 6.35. The van der Waals surface area contributed by atoms with Gasteiger partial charge in [-0.3, -0.25) is 9.59 Å². The zero-order valence-electron chi connectivity index (χ0n) is 8.83. The fraction of sp³-hybridized carbons (Fsp3) is 0.778. The monoisotopic (exact) mass is 202 g/mol. The number of rotatable bonds is 4. The van der Waals surface area contributed by atoms with Gasteiger partial charge in [0, 0.05) is 12.6 Å². The van der Waals surface area contributed by atoms with E-state index in [1.807, 2.05) is 13.8 Å². The van der Waals surface area contributed by atoms with Crippen LogP contribution >= 0.6 is 0 Å². The summed E-state index contributed by atoms with van der Waals surface area (Å²) in [5, 5.41) is 13.7. The molecule has 0 aromatic rings.